The molecule has 0 aliphatic heterocycles. The minimum atomic E-state index is -3.47. The summed E-state index contributed by atoms with van der Waals surface area (Å²) < 4.78 is 32.6. The highest BCUT2D eigenvalue weighted by atomic mass is 32.2. The molecule has 0 radical (unpaired) electrons. The maximum absolute atomic E-state index is 12.2. The molecular weight excluding hydrogens is 264 g/mol. The molecule has 0 unspecified atom stereocenters. The number of ether oxygens (including phenoxy) is 1. The lowest BCUT2D eigenvalue weighted by Gasteiger charge is -2.12. The summed E-state index contributed by atoms with van der Waals surface area (Å²) in [6.45, 7) is 4.02. The minimum Gasteiger partial charge on any atom is -0.491 e. The molecule has 1 aromatic rings. The molecule has 1 aliphatic carbocycles. The second-order valence-electron chi connectivity index (χ2n) is 4.54. The Labute approximate surface area is 114 Å². The predicted molar refractivity (Wildman–Crippen MR) is 73.8 cm³/mol. The molecule has 106 valence electrons. The van der Waals surface area contributed by atoms with Crippen LogP contribution in [0.4, 0.5) is 0 Å². The normalized spacial score (nSPS) is 15.4. The van der Waals surface area contributed by atoms with E-state index in [9.17, 15) is 8.42 Å². The monoisotopic (exact) mass is 284 g/mol. The van der Waals surface area contributed by atoms with Crippen molar-refractivity contribution < 1.29 is 13.2 Å². The molecule has 2 rings (SSSR count). The van der Waals surface area contributed by atoms with Gasteiger partial charge in [0.05, 0.1) is 0 Å². The molecule has 5 nitrogen and oxygen atoms in total. The zero-order valence-electron chi connectivity index (χ0n) is 11.1. The van der Waals surface area contributed by atoms with Crippen molar-refractivity contribution in [3.63, 3.8) is 0 Å². The molecule has 0 bridgehead atoms. The van der Waals surface area contributed by atoms with E-state index in [1.807, 2.05) is 6.92 Å². The van der Waals surface area contributed by atoms with Crippen LogP contribution in [0.5, 0.6) is 5.75 Å². The van der Waals surface area contributed by atoms with Crippen LogP contribution >= 0.6 is 0 Å². The number of benzene rings is 1. The quantitative estimate of drug-likeness (QED) is 0.702. The van der Waals surface area contributed by atoms with Crippen molar-refractivity contribution in [1.82, 2.24) is 10.0 Å². The molecule has 0 heterocycles. The fourth-order valence-electron chi connectivity index (χ4n) is 1.69. The smallest absolute Gasteiger partial charge is 0.244 e. The number of para-hydroxylation sites is 1. The standard InChI is InChI=1S/C13H20N2O3S/c1-2-14-9-10-18-12-5-3-4-6-13(12)19(16,17)15-11-7-8-11/h3-6,11,14-15H,2,7-10H2,1H3. The van der Waals surface area contributed by atoms with Gasteiger partial charge in [-0.2, -0.15) is 0 Å². The van der Waals surface area contributed by atoms with Gasteiger partial charge in [-0.3, -0.25) is 0 Å². The van der Waals surface area contributed by atoms with Crippen molar-refractivity contribution in [2.45, 2.75) is 30.7 Å². The fraction of sp³-hybridized carbons (Fsp3) is 0.538. The van der Waals surface area contributed by atoms with Crippen LogP contribution in [0.15, 0.2) is 29.2 Å². The first kappa shape index (κ1) is 14.3. The second kappa shape index (κ2) is 6.36. The molecular formula is C13H20N2O3S. The molecule has 6 heteroatoms. The highest BCUT2D eigenvalue weighted by Gasteiger charge is 2.29. The average molecular weight is 284 g/mol. The van der Waals surface area contributed by atoms with E-state index < -0.39 is 10.0 Å². The molecule has 0 aromatic heterocycles. The first-order valence-corrected chi connectivity index (χ1v) is 8.06. The summed E-state index contributed by atoms with van der Waals surface area (Å²) in [6.07, 6.45) is 1.84. The summed E-state index contributed by atoms with van der Waals surface area (Å²) in [5, 5.41) is 3.13. The number of likely N-dealkylation sites (N-methyl/N-ethyl adjacent to an activating group) is 1. The molecule has 0 spiro atoms. The number of sulfonamides is 1. The summed E-state index contributed by atoms with van der Waals surface area (Å²) in [7, 11) is -3.47. The predicted octanol–water partition coefficient (Wildman–Crippen LogP) is 1.12. The highest BCUT2D eigenvalue weighted by Crippen LogP contribution is 2.27. The number of nitrogens with one attached hydrogen (secondary N) is 2. The van der Waals surface area contributed by atoms with E-state index >= 15 is 0 Å². The molecule has 19 heavy (non-hydrogen) atoms. The van der Waals surface area contributed by atoms with Gasteiger partial charge in [0.15, 0.2) is 0 Å². The molecule has 1 aliphatic rings. The summed E-state index contributed by atoms with van der Waals surface area (Å²) in [5.41, 5.74) is 0. The number of hydrogen-bond donors (Lipinski definition) is 2. The van der Waals surface area contributed by atoms with E-state index in [2.05, 4.69) is 10.0 Å². The van der Waals surface area contributed by atoms with Gasteiger partial charge in [-0.05, 0) is 31.5 Å². The SMILES string of the molecule is CCNCCOc1ccccc1S(=O)(=O)NC1CC1. The van der Waals surface area contributed by atoms with E-state index in [0.717, 1.165) is 19.4 Å². The topological polar surface area (TPSA) is 67.4 Å². The third kappa shape index (κ3) is 4.19. The van der Waals surface area contributed by atoms with Gasteiger partial charge >= 0.3 is 0 Å². The zero-order chi connectivity index (χ0) is 13.7. The minimum absolute atomic E-state index is 0.0971. The molecule has 0 saturated heterocycles. The van der Waals surface area contributed by atoms with Crippen LogP contribution < -0.4 is 14.8 Å². The summed E-state index contributed by atoms with van der Waals surface area (Å²) in [6, 6.07) is 6.85. The third-order valence-corrected chi connectivity index (χ3v) is 4.38. The zero-order valence-corrected chi connectivity index (χ0v) is 11.9. The molecule has 0 atom stereocenters. The van der Waals surface area contributed by atoms with Gasteiger partial charge in [0, 0.05) is 12.6 Å². The van der Waals surface area contributed by atoms with Crippen molar-refractivity contribution in [2.75, 3.05) is 19.7 Å². The van der Waals surface area contributed by atoms with Crippen molar-refractivity contribution in [3.8, 4) is 5.75 Å². The summed E-state index contributed by atoms with van der Waals surface area (Å²) in [5.74, 6) is 0.411. The van der Waals surface area contributed by atoms with Crippen LogP contribution in [0.25, 0.3) is 0 Å². The number of hydrogen-bond acceptors (Lipinski definition) is 4. The van der Waals surface area contributed by atoms with Crippen LogP contribution in [0.3, 0.4) is 0 Å². The lowest BCUT2D eigenvalue weighted by molar-refractivity contribution is 0.307. The fourth-order valence-corrected chi connectivity index (χ4v) is 3.14. The Balaban J connectivity index is 2.06. The largest absolute Gasteiger partial charge is 0.491 e. The van der Waals surface area contributed by atoms with Crippen LogP contribution in [0.2, 0.25) is 0 Å². The Bertz CT molecular complexity index is 512. The van der Waals surface area contributed by atoms with Gasteiger partial charge in [0.1, 0.15) is 17.3 Å². The van der Waals surface area contributed by atoms with E-state index in [1.165, 1.54) is 0 Å². The van der Waals surface area contributed by atoms with Crippen molar-refractivity contribution in [1.29, 1.82) is 0 Å². The molecule has 2 N–H and O–H groups in total. The van der Waals surface area contributed by atoms with E-state index in [-0.39, 0.29) is 10.9 Å². The molecule has 1 fully saturated rings. The summed E-state index contributed by atoms with van der Waals surface area (Å²) >= 11 is 0. The van der Waals surface area contributed by atoms with Gasteiger partial charge < -0.3 is 10.1 Å². The Morgan fingerprint density at radius 3 is 2.74 bits per heavy atom. The third-order valence-electron chi connectivity index (χ3n) is 2.82. The lowest BCUT2D eigenvalue weighted by Crippen LogP contribution is -2.26. The first-order chi connectivity index (χ1) is 9.13. The van der Waals surface area contributed by atoms with Gasteiger partial charge in [0.25, 0.3) is 0 Å². The highest BCUT2D eigenvalue weighted by molar-refractivity contribution is 7.89. The van der Waals surface area contributed by atoms with E-state index in [0.29, 0.717) is 18.9 Å². The maximum atomic E-state index is 12.2. The first-order valence-electron chi connectivity index (χ1n) is 6.58. The van der Waals surface area contributed by atoms with Gasteiger partial charge in [-0.1, -0.05) is 19.1 Å². The van der Waals surface area contributed by atoms with Gasteiger partial charge in [0.2, 0.25) is 10.0 Å². The van der Waals surface area contributed by atoms with E-state index in [4.69, 9.17) is 4.74 Å². The second-order valence-corrected chi connectivity index (χ2v) is 6.23. The lowest BCUT2D eigenvalue weighted by atomic mass is 10.3. The Morgan fingerprint density at radius 1 is 1.32 bits per heavy atom. The van der Waals surface area contributed by atoms with Gasteiger partial charge in [-0.25, -0.2) is 13.1 Å². The van der Waals surface area contributed by atoms with Crippen LogP contribution in [-0.4, -0.2) is 34.2 Å². The van der Waals surface area contributed by atoms with Gasteiger partial charge in [-0.15, -0.1) is 0 Å². The average Bonchev–Trinajstić information content (AvgIpc) is 3.18. The summed E-state index contributed by atoms with van der Waals surface area (Å²) in [4.78, 5) is 0.221. The van der Waals surface area contributed by atoms with Crippen molar-refractivity contribution in [2.24, 2.45) is 0 Å². The Morgan fingerprint density at radius 2 is 2.05 bits per heavy atom. The Kier molecular flexibility index (Phi) is 4.79. The molecule has 1 aromatic carbocycles. The maximum Gasteiger partial charge on any atom is 0.244 e. The van der Waals surface area contributed by atoms with Crippen LogP contribution in [-0.2, 0) is 10.0 Å². The molecule has 1 saturated carbocycles. The van der Waals surface area contributed by atoms with Crippen molar-refractivity contribution in [3.05, 3.63) is 24.3 Å². The van der Waals surface area contributed by atoms with Crippen LogP contribution in [0, 0.1) is 0 Å². The van der Waals surface area contributed by atoms with E-state index in [1.54, 1.807) is 24.3 Å². The number of rotatable bonds is 8. The van der Waals surface area contributed by atoms with Crippen molar-refractivity contribution >= 4 is 10.0 Å². The van der Waals surface area contributed by atoms with Crippen LogP contribution in [0.1, 0.15) is 19.8 Å². The molecule has 0 amide bonds. The Hall–Kier alpha value is -1.11.